The van der Waals surface area contributed by atoms with Crippen LogP contribution in [0.2, 0.25) is 0 Å². The lowest BCUT2D eigenvalue weighted by atomic mass is 10.2. The molecule has 0 aromatic carbocycles. The molecule has 2 N–H and O–H groups in total. The molecular formula is C9H18N2O3. The molecular weight excluding hydrogens is 184 g/mol. The number of methoxy groups -OCH3 is 1. The minimum absolute atomic E-state index is 0.00134. The Morgan fingerprint density at radius 2 is 2.36 bits per heavy atom. The summed E-state index contributed by atoms with van der Waals surface area (Å²) in [5.74, 6) is 0.00134. The monoisotopic (exact) mass is 202 g/mol. The number of amides is 1. The van der Waals surface area contributed by atoms with Crippen LogP contribution in [0.1, 0.15) is 6.92 Å². The van der Waals surface area contributed by atoms with Crippen molar-refractivity contribution in [2.75, 3.05) is 33.5 Å². The third-order valence-corrected chi connectivity index (χ3v) is 2.01. The first-order valence-electron chi connectivity index (χ1n) is 4.81. The Morgan fingerprint density at radius 3 is 2.86 bits per heavy atom. The molecule has 1 saturated heterocycles. The Morgan fingerprint density at radius 1 is 1.64 bits per heavy atom. The lowest BCUT2D eigenvalue weighted by Crippen LogP contribution is -2.50. The summed E-state index contributed by atoms with van der Waals surface area (Å²) in [5, 5.41) is 5.91. The number of hydrogen-bond acceptors (Lipinski definition) is 4. The second kappa shape index (κ2) is 5.95. The van der Waals surface area contributed by atoms with Crippen molar-refractivity contribution >= 4 is 5.91 Å². The topological polar surface area (TPSA) is 59.6 Å². The summed E-state index contributed by atoms with van der Waals surface area (Å²) >= 11 is 0. The van der Waals surface area contributed by atoms with E-state index in [0.29, 0.717) is 32.4 Å². The molecule has 5 nitrogen and oxygen atoms in total. The molecule has 0 radical (unpaired) electrons. The minimum atomic E-state index is 0.00134. The average Bonchev–Trinajstić information content (AvgIpc) is 2.01. The number of carbonyl (C=O) groups excluding carboxylic acids is 1. The van der Waals surface area contributed by atoms with Gasteiger partial charge in [0.25, 0.3) is 0 Å². The Balaban J connectivity index is 2.02. The molecule has 0 saturated carbocycles. The standard InChI is InChI=1S/C9H18N2O3/c1-7(4-13-2)11-9(12)3-10-8-5-14-6-8/h7-8,10H,3-6H2,1-2H3,(H,11,12). The highest BCUT2D eigenvalue weighted by molar-refractivity contribution is 5.78. The van der Waals surface area contributed by atoms with Crippen molar-refractivity contribution in [3.63, 3.8) is 0 Å². The summed E-state index contributed by atoms with van der Waals surface area (Å²) in [6, 6.07) is 0.408. The summed E-state index contributed by atoms with van der Waals surface area (Å²) in [6.07, 6.45) is 0. The lowest BCUT2D eigenvalue weighted by Gasteiger charge is -2.26. The van der Waals surface area contributed by atoms with E-state index in [1.807, 2.05) is 6.92 Å². The smallest absolute Gasteiger partial charge is 0.234 e. The van der Waals surface area contributed by atoms with Crippen molar-refractivity contribution in [2.45, 2.75) is 19.0 Å². The van der Waals surface area contributed by atoms with Crippen LogP contribution in [-0.2, 0) is 14.3 Å². The summed E-state index contributed by atoms with van der Waals surface area (Å²) in [5.41, 5.74) is 0. The maximum Gasteiger partial charge on any atom is 0.234 e. The van der Waals surface area contributed by atoms with Crippen molar-refractivity contribution in [1.29, 1.82) is 0 Å². The van der Waals surface area contributed by atoms with Gasteiger partial charge in [-0.1, -0.05) is 0 Å². The SMILES string of the molecule is COCC(C)NC(=O)CNC1COC1. The van der Waals surface area contributed by atoms with E-state index in [1.165, 1.54) is 0 Å². The molecule has 5 heteroatoms. The van der Waals surface area contributed by atoms with Gasteiger partial charge in [0, 0.05) is 13.2 Å². The molecule has 14 heavy (non-hydrogen) atoms. The van der Waals surface area contributed by atoms with Crippen LogP contribution in [0.5, 0.6) is 0 Å². The van der Waals surface area contributed by atoms with E-state index in [-0.39, 0.29) is 11.9 Å². The molecule has 1 fully saturated rings. The Kier molecular flexibility index (Phi) is 4.86. The van der Waals surface area contributed by atoms with Crippen LogP contribution in [0, 0.1) is 0 Å². The Labute approximate surface area is 84.1 Å². The fourth-order valence-electron chi connectivity index (χ4n) is 1.21. The summed E-state index contributed by atoms with van der Waals surface area (Å²) in [7, 11) is 1.62. The number of nitrogens with one attached hydrogen (secondary N) is 2. The van der Waals surface area contributed by atoms with E-state index >= 15 is 0 Å². The molecule has 1 rings (SSSR count). The zero-order valence-electron chi connectivity index (χ0n) is 8.71. The summed E-state index contributed by atoms with van der Waals surface area (Å²) in [6.45, 7) is 4.22. The van der Waals surface area contributed by atoms with Gasteiger partial charge in [0.15, 0.2) is 0 Å². The van der Waals surface area contributed by atoms with Crippen molar-refractivity contribution < 1.29 is 14.3 Å². The van der Waals surface area contributed by atoms with Crippen molar-refractivity contribution in [3.05, 3.63) is 0 Å². The molecule has 0 aromatic heterocycles. The van der Waals surface area contributed by atoms with E-state index in [1.54, 1.807) is 7.11 Å². The van der Waals surface area contributed by atoms with Crippen LogP contribution in [0.25, 0.3) is 0 Å². The number of ether oxygens (including phenoxy) is 2. The third kappa shape index (κ3) is 4.04. The van der Waals surface area contributed by atoms with Crippen molar-refractivity contribution in [1.82, 2.24) is 10.6 Å². The van der Waals surface area contributed by atoms with Gasteiger partial charge >= 0.3 is 0 Å². The fraction of sp³-hybridized carbons (Fsp3) is 0.889. The van der Waals surface area contributed by atoms with E-state index in [0.717, 1.165) is 0 Å². The first-order valence-corrected chi connectivity index (χ1v) is 4.81. The molecule has 0 spiro atoms. The second-order valence-electron chi connectivity index (χ2n) is 3.54. The number of carbonyl (C=O) groups is 1. The first-order chi connectivity index (χ1) is 6.72. The average molecular weight is 202 g/mol. The van der Waals surface area contributed by atoms with Gasteiger partial charge in [-0.2, -0.15) is 0 Å². The fourth-order valence-corrected chi connectivity index (χ4v) is 1.21. The highest BCUT2D eigenvalue weighted by Gasteiger charge is 2.18. The van der Waals surface area contributed by atoms with E-state index in [2.05, 4.69) is 10.6 Å². The first kappa shape index (κ1) is 11.4. The van der Waals surface area contributed by atoms with Gasteiger partial charge in [0.05, 0.1) is 32.4 Å². The normalized spacial score (nSPS) is 18.7. The van der Waals surface area contributed by atoms with E-state index in [9.17, 15) is 4.79 Å². The van der Waals surface area contributed by atoms with Crippen LogP contribution < -0.4 is 10.6 Å². The number of hydrogen-bond donors (Lipinski definition) is 2. The molecule has 0 bridgehead atoms. The largest absolute Gasteiger partial charge is 0.383 e. The van der Waals surface area contributed by atoms with Crippen LogP contribution in [-0.4, -0.2) is 51.5 Å². The zero-order valence-corrected chi connectivity index (χ0v) is 8.71. The van der Waals surface area contributed by atoms with Gasteiger partial charge < -0.3 is 20.1 Å². The Hall–Kier alpha value is -0.650. The molecule has 1 amide bonds. The maximum absolute atomic E-state index is 11.3. The van der Waals surface area contributed by atoms with E-state index in [4.69, 9.17) is 9.47 Å². The van der Waals surface area contributed by atoms with Gasteiger partial charge in [0.2, 0.25) is 5.91 Å². The predicted molar refractivity (Wildman–Crippen MR) is 52.1 cm³/mol. The summed E-state index contributed by atoms with van der Waals surface area (Å²) < 4.78 is 9.88. The molecule has 1 heterocycles. The zero-order chi connectivity index (χ0) is 10.4. The van der Waals surface area contributed by atoms with Gasteiger partial charge in [-0.15, -0.1) is 0 Å². The molecule has 1 atom stereocenters. The predicted octanol–water partition coefficient (Wildman–Crippen LogP) is -0.874. The highest BCUT2D eigenvalue weighted by atomic mass is 16.5. The Bertz CT molecular complexity index is 183. The molecule has 0 aliphatic carbocycles. The van der Waals surface area contributed by atoms with Gasteiger partial charge in [-0.3, -0.25) is 4.79 Å². The molecule has 1 aliphatic rings. The van der Waals surface area contributed by atoms with Crippen molar-refractivity contribution in [2.24, 2.45) is 0 Å². The van der Waals surface area contributed by atoms with Crippen LogP contribution >= 0.6 is 0 Å². The quantitative estimate of drug-likeness (QED) is 0.587. The molecule has 82 valence electrons. The van der Waals surface area contributed by atoms with Gasteiger partial charge in [0.1, 0.15) is 0 Å². The minimum Gasteiger partial charge on any atom is -0.383 e. The molecule has 1 aliphatic heterocycles. The van der Waals surface area contributed by atoms with Crippen LogP contribution in [0.3, 0.4) is 0 Å². The molecule has 0 aromatic rings. The van der Waals surface area contributed by atoms with Crippen molar-refractivity contribution in [3.8, 4) is 0 Å². The maximum atomic E-state index is 11.3. The summed E-state index contributed by atoms with van der Waals surface area (Å²) in [4.78, 5) is 11.3. The number of rotatable bonds is 6. The highest BCUT2D eigenvalue weighted by Crippen LogP contribution is 1.98. The van der Waals surface area contributed by atoms with E-state index < -0.39 is 0 Å². The third-order valence-electron chi connectivity index (χ3n) is 2.01. The molecule has 1 unspecified atom stereocenters. The van der Waals surface area contributed by atoms with Crippen LogP contribution in [0.15, 0.2) is 0 Å². The second-order valence-corrected chi connectivity index (χ2v) is 3.54. The lowest BCUT2D eigenvalue weighted by molar-refractivity contribution is -0.121. The van der Waals surface area contributed by atoms with Gasteiger partial charge in [-0.25, -0.2) is 0 Å². The van der Waals surface area contributed by atoms with Gasteiger partial charge in [-0.05, 0) is 6.92 Å². The van der Waals surface area contributed by atoms with Crippen LogP contribution in [0.4, 0.5) is 0 Å².